The average molecular weight is 393 g/mol. The number of hydrogen-bond donors (Lipinski definition) is 2. The third-order valence-corrected chi connectivity index (χ3v) is 6.03. The van der Waals surface area contributed by atoms with Crippen LogP contribution in [0.5, 0.6) is 0 Å². The minimum atomic E-state index is -1.53. The van der Waals surface area contributed by atoms with Crippen molar-refractivity contribution in [1.29, 1.82) is 0 Å². The van der Waals surface area contributed by atoms with Gasteiger partial charge in [0, 0.05) is 6.17 Å². The summed E-state index contributed by atoms with van der Waals surface area (Å²) in [6.45, 7) is 5.30. The molecule has 1 heterocycles. The Kier molecular flexibility index (Phi) is 6.84. The van der Waals surface area contributed by atoms with Crippen LogP contribution in [-0.2, 0) is 20.9 Å². The van der Waals surface area contributed by atoms with Crippen LogP contribution < -0.4 is 4.98 Å². The minimum Gasteiger partial charge on any atom is -0.480 e. The summed E-state index contributed by atoms with van der Waals surface area (Å²) in [5.74, 6) is -1.08. The van der Waals surface area contributed by atoms with Crippen LogP contribution in [0.2, 0.25) is 6.04 Å². The third-order valence-electron chi connectivity index (χ3n) is 3.86. The molecule has 2 rings (SSSR count). The third kappa shape index (κ3) is 6.59. The molecule has 2 N–H and O–H groups in total. The second kappa shape index (κ2) is 8.89. The summed E-state index contributed by atoms with van der Waals surface area (Å²) >= 11 is 0. The van der Waals surface area contributed by atoms with E-state index in [0.29, 0.717) is 6.04 Å². The van der Waals surface area contributed by atoms with E-state index in [1.165, 1.54) is 4.90 Å². The predicted octanol–water partition coefficient (Wildman–Crippen LogP) is 2.54. The number of nitrogens with one attached hydrogen (secondary N) is 1. The molecule has 0 bridgehead atoms. The zero-order chi connectivity index (χ0) is 20.0. The van der Waals surface area contributed by atoms with Gasteiger partial charge in [-0.15, -0.1) is 0 Å². The summed E-state index contributed by atoms with van der Waals surface area (Å²) in [5, 5.41) is 9.38. The zero-order valence-electron chi connectivity index (χ0n) is 15.7. The normalized spacial score (nSPS) is 17.9. The van der Waals surface area contributed by atoms with Gasteiger partial charge in [-0.2, -0.15) is 0 Å². The first-order valence-electron chi connectivity index (χ1n) is 8.70. The molecule has 0 spiro atoms. The van der Waals surface area contributed by atoms with Crippen LogP contribution in [0.1, 0.15) is 32.8 Å². The fraction of sp³-hybridized carbons (Fsp3) is 0.500. The Morgan fingerprint density at radius 2 is 1.93 bits per heavy atom. The van der Waals surface area contributed by atoms with E-state index in [4.69, 9.17) is 9.47 Å². The molecule has 8 nitrogen and oxygen atoms in total. The number of benzene rings is 1. The van der Waals surface area contributed by atoms with Crippen molar-refractivity contribution in [2.45, 2.75) is 51.5 Å². The lowest BCUT2D eigenvalue weighted by Crippen LogP contribution is -2.59. The Labute approximate surface area is 160 Å². The van der Waals surface area contributed by atoms with E-state index in [0.717, 1.165) is 5.56 Å². The maximum absolute atomic E-state index is 12.4. The van der Waals surface area contributed by atoms with Crippen LogP contribution in [0, 0.1) is 0 Å². The summed E-state index contributed by atoms with van der Waals surface area (Å²) in [4.78, 5) is 39.9. The molecule has 147 valence electrons. The van der Waals surface area contributed by atoms with E-state index in [9.17, 15) is 19.5 Å². The van der Waals surface area contributed by atoms with Crippen molar-refractivity contribution in [3.05, 3.63) is 35.9 Å². The number of carboxylic acids is 1. The van der Waals surface area contributed by atoms with Gasteiger partial charge in [-0.1, -0.05) is 30.3 Å². The zero-order valence-corrected chi connectivity index (χ0v) is 16.7. The maximum atomic E-state index is 12.4. The molecule has 27 heavy (non-hydrogen) atoms. The van der Waals surface area contributed by atoms with E-state index >= 15 is 0 Å². The summed E-state index contributed by atoms with van der Waals surface area (Å²) < 4.78 is 10.5. The first-order valence-corrected chi connectivity index (χ1v) is 10.6. The van der Waals surface area contributed by atoms with Gasteiger partial charge in [0.15, 0.2) is 8.96 Å². The van der Waals surface area contributed by atoms with Gasteiger partial charge in [-0.3, -0.25) is 4.90 Å². The Morgan fingerprint density at radius 1 is 1.26 bits per heavy atom. The molecule has 0 saturated carbocycles. The Hall–Kier alpha value is -2.55. The Morgan fingerprint density at radius 3 is 2.52 bits per heavy atom. The largest absolute Gasteiger partial charge is 0.480 e. The van der Waals surface area contributed by atoms with Crippen LogP contribution in [0.25, 0.3) is 0 Å². The Balaban J connectivity index is 1.93. The summed E-state index contributed by atoms with van der Waals surface area (Å²) in [6.07, 6.45) is -0.832. The van der Waals surface area contributed by atoms with Crippen molar-refractivity contribution in [2.24, 2.45) is 0 Å². The number of carbonyl (C=O) groups is 3. The highest BCUT2D eigenvalue weighted by molar-refractivity contribution is 6.59. The molecular formula is C18H25N2O6Si. The quantitative estimate of drug-likeness (QED) is 0.762. The molecule has 0 aliphatic carbocycles. The van der Waals surface area contributed by atoms with Crippen LogP contribution in [0.4, 0.5) is 9.59 Å². The average Bonchev–Trinajstić information content (AvgIpc) is 2.59. The van der Waals surface area contributed by atoms with Crippen molar-refractivity contribution in [3.8, 4) is 0 Å². The van der Waals surface area contributed by atoms with E-state index in [-0.39, 0.29) is 19.2 Å². The van der Waals surface area contributed by atoms with Crippen LogP contribution in [-0.4, -0.2) is 54.9 Å². The van der Waals surface area contributed by atoms with Crippen molar-refractivity contribution >= 4 is 27.1 Å². The monoisotopic (exact) mass is 393 g/mol. The second-order valence-corrected chi connectivity index (χ2v) is 9.56. The molecule has 1 aromatic rings. The number of rotatable bonds is 4. The van der Waals surface area contributed by atoms with Crippen LogP contribution in [0.3, 0.4) is 0 Å². The molecule has 1 aliphatic rings. The SMILES string of the molecule is CC(C)(C)OC(=O)N1C[Si](NC(=O)OCc2ccccc2)CC[C@@H]1C(=O)O. The molecular weight excluding hydrogens is 368 g/mol. The van der Waals surface area contributed by atoms with Crippen LogP contribution in [0.15, 0.2) is 30.3 Å². The topological polar surface area (TPSA) is 105 Å². The summed E-state index contributed by atoms with van der Waals surface area (Å²) in [7, 11) is -1.53. The number of amides is 2. The van der Waals surface area contributed by atoms with E-state index in [1.54, 1.807) is 20.8 Å². The first-order chi connectivity index (χ1) is 12.7. The highest BCUT2D eigenvalue weighted by Gasteiger charge is 2.39. The fourth-order valence-electron chi connectivity index (χ4n) is 2.64. The van der Waals surface area contributed by atoms with Gasteiger partial charge in [-0.25, -0.2) is 14.4 Å². The predicted molar refractivity (Wildman–Crippen MR) is 99.3 cm³/mol. The van der Waals surface area contributed by atoms with E-state index in [1.807, 2.05) is 30.3 Å². The van der Waals surface area contributed by atoms with Crippen LogP contribution >= 0.6 is 0 Å². The first kappa shape index (κ1) is 20.8. The highest BCUT2D eigenvalue weighted by atomic mass is 28.3. The Bertz CT molecular complexity index is 676. The summed E-state index contributed by atoms with van der Waals surface area (Å²) in [5.41, 5.74) is 0.141. The van der Waals surface area contributed by atoms with Crippen molar-refractivity contribution < 1.29 is 29.0 Å². The fourth-order valence-corrected chi connectivity index (χ4v) is 4.74. The molecule has 1 atom stereocenters. The lowest BCUT2D eigenvalue weighted by molar-refractivity contribution is -0.143. The molecule has 0 aromatic heterocycles. The molecule has 1 radical (unpaired) electrons. The van der Waals surface area contributed by atoms with E-state index < -0.39 is 38.8 Å². The van der Waals surface area contributed by atoms with Gasteiger partial charge in [0.25, 0.3) is 0 Å². The molecule has 2 amide bonds. The van der Waals surface area contributed by atoms with Crippen molar-refractivity contribution in [3.63, 3.8) is 0 Å². The van der Waals surface area contributed by atoms with Gasteiger partial charge < -0.3 is 19.6 Å². The number of nitrogens with zero attached hydrogens (tertiary/aromatic N) is 1. The molecule has 0 unspecified atom stereocenters. The number of ether oxygens (including phenoxy) is 2. The smallest absolute Gasteiger partial charge is 0.410 e. The van der Waals surface area contributed by atoms with Gasteiger partial charge in [-0.05, 0) is 38.8 Å². The van der Waals surface area contributed by atoms with Gasteiger partial charge in [0.2, 0.25) is 0 Å². The van der Waals surface area contributed by atoms with Crippen molar-refractivity contribution in [1.82, 2.24) is 9.88 Å². The van der Waals surface area contributed by atoms with Gasteiger partial charge in [0.05, 0.1) is 0 Å². The standard InChI is InChI=1S/C18H25N2O6Si/c1-18(2,3)26-17(24)20-12-27(10-9-14(20)15(21)22)19-16(23)25-11-13-7-5-4-6-8-13/h4-8,14H,9-12H2,1-3H3,(H,19,23)(H,21,22)/t14-/m1/s1. The van der Waals surface area contributed by atoms with E-state index in [2.05, 4.69) is 4.98 Å². The molecule has 1 saturated heterocycles. The maximum Gasteiger partial charge on any atom is 0.410 e. The number of carboxylic acid groups (broad SMARTS) is 1. The second-order valence-electron chi connectivity index (χ2n) is 7.29. The van der Waals surface area contributed by atoms with Gasteiger partial charge >= 0.3 is 18.2 Å². The van der Waals surface area contributed by atoms with Crippen molar-refractivity contribution in [2.75, 3.05) is 6.17 Å². The number of carbonyl (C=O) groups excluding carboxylic acids is 2. The minimum absolute atomic E-state index is 0.148. The lowest BCUT2D eigenvalue weighted by Gasteiger charge is -2.37. The molecule has 9 heteroatoms. The molecule has 1 fully saturated rings. The van der Waals surface area contributed by atoms with Gasteiger partial charge in [0.1, 0.15) is 18.2 Å². The lowest BCUT2D eigenvalue weighted by atomic mass is 10.2. The molecule has 1 aliphatic heterocycles. The highest BCUT2D eigenvalue weighted by Crippen LogP contribution is 2.20. The summed E-state index contributed by atoms with van der Waals surface area (Å²) in [6, 6.07) is 8.87. The number of hydrogen-bond acceptors (Lipinski definition) is 5. The molecule has 1 aromatic carbocycles. The number of aliphatic carboxylic acids is 1.